The van der Waals surface area contributed by atoms with Crippen molar-refractivity contribution in [1.29, 1.82) is 0 Å². The molecule has 30 heavy (non-hydrogen) atoms. The summed E-state index contributed by atoms with van der Waals surface area (Å²) in [4.78, 5) is 28.9. The predicted molar refractivity (Wildman–Crippen MR) is 120 cm³/mol. The Bertz CT molecular complexity index is 1130. The first kappa shape index (κ1) is 19.8. The van der Waals surface area contributed by atoms with Gasteiger partial charge in [-0.15, -0.1) is 0 Å². The van der Waals surface area contributed by atoms with Crippen molar-refractivity contribution in [2.75, 3.05) is 17.2 Å². The van der Waals surface area contributed by atoms with Crippen LogP contribution in [0.4, 0.5) is 11.5 Å². The van der Waals surface area contributed by atoms with Crippen molar-refractivity contribution in [3.05, 3.63) is 88.0 Å². The predicted octanol–water partition coefficient (Wildman–Crippen LogP) is 4.68. The Morgan fingerprint density at radius 1 is 1.07 bits per heavy atom. The quantitative estimate of drug-likeness (QED) is 0.538. The third-order valence-corrected chi connectivity index (χ3v) is 4.97. The monoisotopic (exact) mass is 463 g/mol. The number of rotatable bonds is 5. The van der Waals surface area contributed by atoms with Crippen LogP contribution in [-0.2, 0) is 11.2 Å². The Labute approximate surface area is 182 Å². The van der Waals surface area contributed by atoms with Gasteiger partial charge in [0.1, 0.15) is 11.6 Å². The third-order valence-electron chi connectivity index (χ3n) is 4.50. The van der Waals surface area contributed by atoms with Gasteiger partial charge in [-0.2, -0.15) is 0 Å². The van der Waals surface area contributed by atoms with Crippen LogP contribution in [0, 0.1) is 0 Å². The fourth-order valence-corrected chi connectivity index (χ4v) is 3.28. The molecule has 1 aliphatic heterocycles. The molecule has 0 spiro atoms. The molecule has 0 saturated heterocycles. The molecule has 0 radical (unpaired) electrons. The van der Waals surface area contributed by atoms with Crippen molar-refractivity contribution in [2.45, 2.75) is 6.42 Å². The smallest absolute Gasteiger partial charge is 0.256 e. The molecule has 0 fully saturated rings. The van der Waals surface area contributed by atoms with Crippen LogP contribution in [0.2, 0.25) is 0 Å². The minimum atomic E-state index is -0.308. The molecule has 0 aliphatic carbocycles. The van der Waals surface area contributed by atoms with Crippen LogP contribution in [-0.4, -0.2) is 23.4 Å². The normalized spacial score (nSPS) is 12.3. The second-order valence-electron chi connectivity index (χ2n) is 6.68. The van der Waals surface area contributed by atoms with Crippen molar-refractivity contribution in [1.82, 2.24) is 4.98 Å². The van der Waals surface area contributed by atoms with Crippen LogP contribution in [0.5, 0.6) is 5.75 Å². The number of anilines is 2. The standard InChI is InChI=1S/C23H18BrN3O3/c24-18-6-8-21(25-14-18)27-23(29)17-2-1-3-19(13-17)26-22(28)9-5-15-4-7-20-16(12-15)10-11-30-20/h1-9,12-14H,10-11H2,(H,26,28)(H,25,27,29)/b9-5+. The molecule has 6 nitrogen and oxygen atoms in total. The molecule has 150 valence electrons. The molecular formula is C23H18BrN3O3. The number of benzene rings is 2. The summed E-state index contributed by atoms with van der Waals surface area (Å²) in [6.07, 6.45) is 5.71. The number of nitrogens with one attached hydrogen (secondary N) is 2. The summed E-state index contributed by atoms with van der Waals surface area (Å²) in [5, 5.41) is 5.50. The molecule has 0 saturated carbocycles. The summed E-state index contributed by atoms with van der Waals surface area (Å²) in [7, 11) is 0. The van der Waals surface area contributed by atoms with Gasteiger partial charge in [0, 0.05) is 34.4 Å². The summed E-state index contributed by atoms with van der Waals surface area (Å²) in [6.45, 7) is 0.699. The maximum Gasteiger partial charge on any atom is 0.256 e. The highest BCUT2D eigenvalue weighted by atomic mass is 79.9. The number of ether oxygens (including phenoxy) is 1. The number of amides is 2. The van der Waals surface area contributed by atoms with E-state index in [1.807, 2.05) is 18.2 Å². The lowest BCUT2D eigenvalue weighted by Crippen LogP contribution is -2.14. The molecule has 0 unspecified atom stereocenters. The van der Waals surface area contributed by atoms with Crippen molar-refractivity contribution in [2.24, 2.45) is 0 Å². The average molecular weight is 464 g/mol. The number of carbonyl (C=O) groups excluding carboxylic acids is 2. The topological polar surface area (TPSA) is 80.3 Å². The second kappa shape index (κ2) is 8.92. The van der Waals surface area contributed by atoms with Gasteiger partial charge in [-0.3, -0.25) is 9.59 Å². The maximum absolute atomic E-state index is 12.4. The van der Waals surface area contributed by atoms with Crippen LogP contribution in [0.3, 0.4) is 0 Å². The van der Waals surface area contributed by atoms with Crippen molar-refractivity contribution < 1.29 is 14.3 Å². The lowest BCUT2D eigenvalue weighted by atomic mass is 10.1. The largest absolute Gasteiger partial charge is 0.493 e. The number of aromatic nitrogens is 1. The first-order valence-corrected chi connectivity index (χ1v) is 10.1. The van der Waals surface area contributed by atoms with Crippen LogP contribution in [0.25, 0.3) is 6.08 Å². The number of hydrogen-bond acceptors (Lipinski definition) is 4. The van der Waals surface area contributed by atoms with Gasteiger partial charge < -0.3 is 15.4 Å². The van der Waals surface area contributed by atoms with E-state index in [4.69, 9.17) is 4.74 Å². The molecule has 3 aromatic rings. The molecule has 1 aromatic heterocycles. The van der Waals surface area contributed by atoms with Crippen LogP contribution in [0.1, 0.15) is 21.5 Å². The number of pyridine rings is 1. The summed E-state index contributed by atoms with van der Waals surface area (Å²) >= 11 is 3.30. The Hall–Kier alpha value is -3.45. The lowest BCUT2D eigenvalue weighted by Gasteiger charge is -2.07. The van der Waals surface area contributed by atoms with Crippen molar-refractivity contribution in [3.63, 3.8) is 0 Å². The summed E-state index contributed by atoms with van der Waals surface area (Å²) < 4.78 is 6.31. The zero-order valence-electron chi connectivity index (χ0n) is 15.9. The highest BCUT2D eigenvalue weighted by Gasteiger charge is 2.11. The Kier molecular flexibility index (Phi) is 5.90. The number of hydrogen-bond donors (Lipinski definition) is 2. The lowest BCUT2D eigenvalue weighted by molar-refractivity contribution is -0.111. The zero-order valence-corrected chi connectivity index (χ0v) is 17.5. The Morgan fingerprint density at radius 3 is 2.80 bits per heavy atom. The number of carbonyl (C=O) groups is 2. The van der Waals surface area contributed by atoms with Gasteiger partial charge in [-0.25, -0.2) is 4.98 Å². The summed E-state index contributed by atoms with van der Waals surface area (Å²) in [5.74, 6) is 0.765. The van der Waals surface area contributed by atoms with E-state index in [1.165, 1.54) is 6.08 Å². The highest BCUT2D eigenvalue weighted by molar-refractivity contribution is 9.10. The zero-order chi connectivity index (χ0) is 20.9. The molecule has 4 rings (SSSR count). The van der Waals surface area contributed by atoms with E-state index in [1.54, 1.807) is 48.7 Å². The van der Waals surface area contributed by atoms with Gasteiger partial charge in [0.2, 0.25) is 5.91 Å². The number of fused-ring (bicyclic) bond motifs is 1. The molecule has 2 aromatic carbocycles. The first-order valence-electron chi connectivity index (χ1n) is 9.34. The van der Waals surface area contributed by atoms with Crippen molar-refractivity contribution in [3.8, 4) is 5.75 Å². The molecule has 0 atom stereocenters. The molecule has 2 N–H and O–H groups in total. The molecule has 2 heterocycles. The fourth-order valence-electron chi connectivity index (χ4n) is 3.04. The van der Waals surface area contributed by atoms with E-state index in [0.29, 0.717) is 23.7 Å². The van der Waals surface area contributed by atoms with E-state index in [0.717, 1.165) is 27.8 Å². The van der Waals surface area contributed by atoms with E-state index in [2.05, 4.69) is 31.5 Å². The minimum Gasteiger partial charge on any atom is -0.493 e. The molecule has 2 amide bonds. The fraction of sp³-hybridized carbons (Fsp3) is 0.0870. The van der Waals surface area contributed by atoms with E-state index >= 15 is 0 Å². The maximum atomic E-state index is 12.4. The van der Waals surface area contributed by atoms with Gasteiger partial charge in [0.25, 0.3) is 5.91 Å². The van der Waals surface area contributed by atoms with Gasteiger partial charge in [-0.1, -0.05) is 12.1 Å². The SMILES string of the molecule is O=C(/C=C/c1ccc2c(c1)CCO2)Nc1cccc(C(=O)Nc2ccc(Br)cn2)c1. The Morgan fingerprint density at radius 2 is 1.97 bits per heavy atom. The minimum absolute atomic E-state index is 0.279. The van der Waals surface area contributed by atoms with E-state index in [-0.39, 0.29) is 11.8 Å². The van der Waals surface area contributed by atoms with Gasteiger partial charge in [0.15, 0.2) is 0 Å². The highest BCUT2D eigenvalue weighted by Crippen LogP contribution is 2.26. The van der Waals surface area contributed by atoms with Gasteiger partial charge >= 0.3 is 0 Å². The van der Waals surface area contributed by atoms with Gasteiger partial charge in [-0.05, 0) is 75.6 Å². The van der Waals surface area contributed by atoms with Crippen molar-refractivity contribution >= 4 is 45.3 Å². The van der Waals surface area contributed by atoms with E-state index in [9.17, 15) is 9.59 Å². The average Bonchev–Trinajstić information content (AvgIpc) is 3.22. The number of nitrogens with zero attached hydrogens (tertiary/aromatic N) is 1. The molecule has 7 heteroatoms. The van der Waals surface area contributed by atoms with Crippen LogP contribution < -0.4 is 15.4 Å². The van der Waals surface area contributed by atoms with Crippen LogP contribution >= 0.6 is 15.9 Å². The molecule has 1 aliphatic rings. The van der Waals surface area contributed by atoms with E-state index < -0.39 is 0 Å². The molecular weight excluding hydrogens is 446 g/mol. The van der Waals surface area contributed by atoms with Gasteiger partial charge in [0.05, 0.1) is 6.61 Å². The number of halogens is 1. The third kappa shape index (κ3) is 4.93. The second-order valence-corrected chi connectivity index (χ2v) is 7.60. The van der Waals surface area contributed by atoms with Crippen LogP contribution in [0.15, 0.2) is 71.3 Å². The first-order chi connectivity index (χ1) is 14.6. The summed E-state index contributed by atoms with van der Waals surface area (Å²) in [6, 6.07) is 16.1. The Balaban J connectivity index is 1.39. The summed E-state index contributed by atoms with van der Waals surface area (Å²) in [5.41, 5.74) is 3.03. The molecule has 0 bridgehead atoms.